The van der Waals surface area contributed by atoms with Crippen LogP contribution in [0.2, 0.25) is 5.15 Å². The molecule has 3 rings (SSSR count). The summed E-state index contributed by atoms with van der Waals surface area (Å²) >= 11 is 9.10. The summed E-state index contributed by atoms with van der Waals surface area (Å²) in [6.07, 6.45) is 2.62. The highest BCUT2D eigenvalue weighted by atomic mass is 79.9. The minimum absolute atomic E-state index is 0.193. The highest BCUT2D eigenvalue weighted by Gasteiger charge is 2.14. The van der Waals surface area contributed by atoms with Gasteiger partial charge in [-0.25, -0.2) is 9.78 Å². The van der Waals surface area contributed by atoms with Gasteiger partial charge in [0.05, 0.1) is 10.0 Å². The van der Waals surface area contributed by atoms with Gasteiger partial charge >= 0.3 is 5.97 Å². The first-order valence-electron chi connectivity index (χ1n) is 8.33. The van der Waals surface area contributed by atoms with Crippen molar-refractivity contribution in [3.05, 3.63) is 93.3 Å². The van der Waals surface area contributed by atoms with Gasteiger partial charge in [0.2, 0.25) is 0 Å². The number of halogens is 2. The molecule has 0 saturated heterocycles. The SMILES string of the molecule is O=C(O)C(=Cc1ccc(Oc2ccccc2Br)cc1)NC(=O)c1ccc(Cl)nc1. The van der Waals surface area contributed by atoms with Crippen molar-refractivity contribution < 1.29 is 19.4 Å². The third-order valence-corrected chi connectivity index (χ3v) is 4.60. The van der Waals surface area contributed by atoms with E-state index in [1.165, 1.54) is 24.4 Å². The molecule has 29 heavy (non-hydrogen) atoms. The van der Waals surface area contributed by atoms with Gasteiger partial charge in [0.1, 0.15) is 22.3 Å². The highest BCUT2D eigenvalue weighted by Crippen LogP contribution is 2.29. The summed E-state index contributed by atoms with van der Waals surface area (Å²) in [6, 6.07) is 17.1. The molecular weight excluding hydrogens is 460 g/mol. The van der Waals surface area contributed by atoms with Gasteiger partial charge in [-0.05, 0) is 64.0 Å². The quantitative estimate of drug-likeness (QED) is 0.382. The standard InChI is InChI=1S/C21H14BrClN2O4/c22-16-3-1-2-4-18(16)29-15-8-5-13(6-9-15)11-17(21(27)28)25-20(26)14-7-10-19(23)24-12-14/h1-12H,(H,25,26)(H,27,28). The third kappa shape index (κ3) is 5.66. The fraction of sp³-hybridized carbons (Fsp3) is 0. The second-order valence-electron chi connectivity index (χ2n) is 5.79. The van der Waals surface area contributed by atoms with Gasteiger partial charge in [0.25, 0.3) is 5.91 Å². The third-order valence-electron chi connectivity index (χ3n) is 3.72. The van der Waals surface area contributed by atoms with E-state index < -0.39 is 11.9 Å². The molecule has 146 valence electrons. The number of ether oxygens (including phenoxy) is 1. The van der Waals surface area contributed by atoms with Crippen LogP contribution < -0.4 is 10.1 Å². The van der Waals surface area contributed by atoms with Crippen LogP contribution >= 0.6 is 27.5 Å². The van der Waals surface area contributed by atoms with Crippen molar-refractivity contribution in [2.24, 2.45) is 0 Å². The van der Waals surface area contributed by atoms with Crippen LogP contribution in [0.15, 0.2) is 77.0 Å². The summed E-state index contributed by atoms with van der Waals surface area (Å²) in [6.45, 7) is 0. The second kappa shape index (κ2) is 9.36. The number of pyridine rings is 1. The van der Waals surface area contributed by atoms with E-state index in [0.29, 0.717) is 17.1 Å². The summed E-state index contributed by atoms with van der Waals surface area (Å²) in [7, 11) is 0. The van der Waals surface area contributed by atoms with Gasteiger partial charge in [-0.15, -0.1) is 0 Å². The number of carboxylic acids is 1. The minimum Gasteiger partial charge on any atom is -0.477 e. The van der Waals surface area contributed by atoms with Crippen LogP contribution in [0.1, 0.15) is 15.9 Å². The molecule has 0 atom stereocenters. The minimum atomic E-state index is -1.27. The molecule has 0 bridgehead atoms. The molecular formula is C21H14BrClN2O4. The zero-order valence-electron chi connectivity index (χ0n) is 14.8. The monoisotopic (exact) mass is 472 g/mol. The number of nitrogens with zero attached hydrogens (tertiary/aromatic N) is 1. The first-order chi connectivity index (χ1) is 13.9. The number of para-hydroxylation sites is 1. The second-order valence-corrected chi connectivity index (χ2v) is 7.03. The van der Waals surface area contributed by atoms with Crippen LogP contribution in [0.3, 0.4) is 0 Å². The zero-order chi connectivity index (χ0) is 20.8. The molecule has 0 aliphatic rings. The van der Waals surface area contributed by atoms with Gasteiger partial charge in [-0.3, -0.25) is 4.79 Å². The summed E-state index contributed by atoms with van der Waals surface area (Å²) in [4.78, 5) is 27.6. The molecule has 3 aromatic rings. The molecule has 0 aliphatic carbocycles. The van der Waals surface area contributed by atoms with Crippen LogP contribution in [0, 0.1) is 0 Å². The molecule has 2 aromatic carbocycles. The molecule has 1 amide bonds. The Bertz CT molecular complexity index is 1070. The first-order valence-corrected chi connectivity index (χ1v) is 9.50. The molecule has 0 radical (unpaired) electrons. The van der Waals surface area contributed by atoms with E-state index in [0.717, 1.165) is 4.47 Å². The Kier molecular flexibility index (Phi) is 6.64. The number of hydrogen-bond donors (Lipinski definition) is 2. The van der Waals surface area contributed by atoms with Crippen molar-refractivity contribution in [2.45, 2.75) is 0 Å². The number of carbonyl (C=O) groups excluding carboxylic acids is 1. The summed E-state index contributed by atoms with van der Waals surface area (Å²) in [5.41, 5.74) is 0.500. The van der Waals surface area contributed by atoms with E-state index in [-0.39, 0.29) is 16.4 Å². The molecule has 8 heteroatoms. The predicted molar refractivity (Wildman–Crippen MR) is 113 cm³/mol. The lowest BCUT2D eigenvalue weighted by atomic mass is 10.1. The fourth-order valence-corrected chi connectivity index (χ4v) is 2.79. The van der Waals surface area contributed by atoms with Crippen LogP contribution in [0.25, 0.3) is 6.08 Å². The summed E-state index contributed by atoms with van der Waals surface area (Å²) in [5, 5.41) is 12.0. The van der Waals surface area contributed by atoms with E-state index in [4.69, 9.17) is 16.3 Å². The van der Waals surface area contributed by atoms with Crippen LogP contribution in [-0.4, -0.2) is 22.0 Å². The van der Waals surface area contributed by atoms with Gasteiger partial charge in [-0.1, -0.05) is 35.9 Å². The van der Waals surface area contributed by atoms with Gasteiger partial charge in [-0.2, -0.15) is 0 Å². The number of aromatic nitrogens is 1. The molecule has 0 saturated carbocycles. The van der Waals surface area contributed by atoms with Crippen LogP contribution in [0.5, 0.6) is 11.5 Å². The predicted octanol–water partition coefficient (Wildman–Crippen LogP) is 5.15. The molecule has 1 aromatic heterocycles. The summed E-state index contributed by atoms with van der Waals surface area (Å²) < 4.78 is 6.59. The fourth-order valence-electron chi connectivity index (χ4n) is 2.31. The molecule has 0 fully saturated rings. The number of hydrogen-bond acceptors (Lipinski definition) is 4. The average Bonchev–Trinajstić information content (AvgIpc) is 2.71. The van der Waals surface area contributed by atoms with Crippen LogP contribution in [0.4, 0.5) is 0 Å². The Morgan fingerprint density at radius 1 is 1.07 bits per heavy atom. The molecule has 0 spiro atoms. The zero-order valence-corrected chi connectivity index (χ0v) is 17.1. The van der Waals surface area contributed by atoms with E-state index >= 15 is 0 Å². The number of amides is 1. The number of aliphatic carboxylic acids is 1. The number of benzene rings is 2. The average molecular weight is 474 g/mol. The lowest BCUT2D eigenvalue weighted by molar-refractivity contribution is -0.132. The van der Waals surface area contributed by atoms with Crippen molar-refractivity contribution >= 4 is 45.5 Å². The van der Waals surface area contributed by atoms with Crippen molar-refractivity contribution in [2.75, 3.05) is 0 Å². The number of nitrogens with one attached hydrogen (secondary N) is 1. The van der Waals surface area contributed by atoms with E-state index in [9.17, 15) is 14.7 Å². The smallest absolute Gasteiger partial charge is 0.352 e. The van der Waals surface area contributed by atoms with Crippen molar-refractivity contribution in [3.8, 4) is 11.5 Å². The first kappa shape index (κ1) is 20.6. The summed E-state index contributed by atoms with van der Waals surface area (Å²) in [5.74, 6) is -0.626. The lowest BCUT2D eigenvalue weighted by Crippen LogP contribution is -2.27. The van der Waals surface area contributed by atoms with Gasteiger partial charge in [0, 0.05) is 6.20 Å². The number of carbonyl (C=O) groups is 2. The van der Waals surface area contributed by atoms with Crippen LogP contribution in [-0.2, 0) is 4.79 Å². The Balaban J connectivity index is 1.75. The Labute approximate surface area is 179 Å². The lowest BCUT2D eigenvalue weighted by Gasteiger charge is -2.08. The van der Waals surface area contributed by atoms with Crippen molar-refractivity contribution in [1.82, 2.24) is 10.3 Å². The topological polar surface area (TPSA) is 88.5 Å². The Morgan fingerprint density at radius 3 is 2.41 bits per heavy atom. The Hall–Kier alpha value is -3.16. The molecule has 0 unspecified atom stereocenters. The van der Waals surface area contributed by atoms with E-state index in [2.05, 4.69) is 26.2 Å². The maximum Gasteiger partial charge on any atom is 0.352 e. The van der Waals surface area contributed by atoms with Crippen molar-refractivity contribution in [1.29, 1.82) is 0 Å². The van der Waals surface area contributed by atoms with Crippen molar-refractivity contribution in [3.63, 3.8) is 0 Å². The maximum atomic E-state index is 12.2. The van der Waals surface area contributed by atoms with Gasteiger partial charge in [0.15, 0.2) is 0 Å². The highest BCUT2D eigenvalue weighted by molar-refractivity contribution is 9.10. The molecule has 1 heterocycles. The van der Waals surface area contributed by atoms with E-state index in [1.54, 1.807) is 24.3 Å². The largest absolute Gasteiger partial charge is 0.477 e. The molecule has 6 nitrogen and oxygen atoms in total. The normalized spacial score (nSPS) is 11.0. The molecule has 0 aliphatic heterocycles. The van der Waals surface area contributed by atoms with Gasteiger partial charge < -0.3 is 15.2 Å². The number of rotatable bonds is 6. The molecule has 2 N–H and O–H groups in total. The maximum absolute atomic E-state index is 12.2. The number of carboxylic acid groups (broad SMARTS) is 1. The van der Waals surface area contributed by atoms with E-state index in [1.807, 2.05) is 24.3 Å². The Morgan fingerprint density at radius 2 is 1.79 bits per heavy atom.